The molecular formula is C11H12F3NO2. The molecular weight excluding hydrogens is 235 g/mol. The van der Waals surface area contributed by atoms with Crippen molar-refractivity contribution in [2.75, 3.05) is 19.8 Å². The Labute approximate surface area is 96.3 Å². The lowest BCUT2D eigenvalue weighted by molar-refractivity contribution is -0.139. The van der Waals surface area contributed by atoms with E-state index in [0.29, 0.717) is 18.5 Å². The van der Waals surface area contributed by atoms with Gasteiger partial charge in [0.05, 0.1) is 0 Å². The zero-order valence-electron chi connectivity index (χ0n) is 9.01. The average molecular weight is 247 g/mol. The molecule has 0 aromatic heterocycles. The van der Waals surface area contributed by atoms with Gasteiger partial charge in [-0.3, -0.25) is 0 Å². The van der Waals surface area contributed by atoms with Gasteiger partial charge in [0.25, 0.3) is 0 Å². The Morgan fingerprint density at radius 1 is 1.12 bits per heavy atom. The SMILES string of the molecule is NCCc1ccc(C(F)(F)F)c2c1OCCO2. The molecule has 3 nitrogen and oxygen atoms in total. The number of rotatable bonds is 2. The first-order chi connectivity index (χ1) is 8.04. The fourth-order valence-electron chi connectivity index (χ4n) is 1.77. The van der Waals surface area contributed by atoms with Gasteiger partial charge in [0, 0.05) is 0 Å². The van der Waals surface area contributed by atoms with Crippen molar-refractivity contribution in [1.82, 2.24) is 0 Å². The first kappa shape index (κ1) is 12.0. The van der Waals surface area contributed by atoms with Crippen molar-refractivity contribution in [1.29, 1.82) is 0 Å². The molecule has 0 bridgehead atoms. The Morgan fingerprint density at radius 2 is 1.76 bits per heavy atom. The maximum atomic E-state index is 12.7. The molecule has 1 aliphatic rings. The number of hydrogen-bond donors (Lipinski definition) is 1. The lowest BCUT2D eigenvalue weighted by Crippen LogP contribution is -2.21. The molecule has 0 radical (unpaired) electrons. The zero-order chi connectivity index (χ0) is 12.5. The average Bonchev–Trinajstić information content (AvgIpc) is 2.28. The summed E-state index contributed by atoms with van der Waals surface area (Å²) in [6, 6.07) is 2.40. The number of nitrogens with two attached hydrogens (primary N) is 1. The van der Waals surface area contributed by atoms with E-state index in [0.717, 1.165) is 6.07 Å². The molecule has 17 heavy (non-hydrogen) atoms. The molecule has 0 spiro atoms. The standard InChI is InChI=1S/C11H12F3NO2/c12-11(13,14)8-2-1-7(3-4-15)9-10(8)17-6-5-16-9/h1-2H,3-6,15H2. The van der Waals surface area contributed by atoms with Crippen LogP contribution in [0.5, 0.6) is 11.5 Å². The summed E-state index contributed by atoms with van der Waals surface area (Å²) in [6.07, 6.45) is -3.98. The third-order valence-corrected chi connectivity index (χ3v) is 2.49. The largest absolute Gasteiger partial charge is 0.486 e. The number of benzene rings is 1. The Bertz CT molecular complexity index is 418. The molecule has 0 aliphatic carbocycles. The monoisotopic (exact) mass is 247 g/mol. The Balaban J connectivity index is 2.51. The third kappa shape index (κ3) is 2.31. The molecule has 0 saturated heterocycles. The van der Waals surface area contributed by atoms with E-state index in [1.807, 2.05) is 0 Å². The number of fused-ring (bicyclic) bond motifs is 1. The summed E-state index contributed by atoms with van der Waals surface area (Å²) in [5.74, 6) is -0.0359. The van der Waals surface area contributed by atoms with E-state index in [1.54, 1.807) is 0 Å². The highest BCUT2D eigenvalue weighted by atomic mass is 19.4. The summed E-state index contributed by atoms with van der Waals surface area (Å²) in [6.45, 7) is 0.731. The van der Waals surface area contributed by atoms with Gasteiger partial charge in [0.2, 0.25) is 0 Å². The van der Waals surface area contributed by atoms with Gasteiger partial charge in [-0.15, -0.1) is 0 Å². The maximum absolute atomic E-state index is 12.7. The molecule has 2 rings (SSSR count). The van der Waals surface area contributed by atoms with E-state index in [9.17, 15) is 13.2 Å². The fourth-order valence-corrected chi connectivity index (χ4v) is 1.77. The van der Waals surface area contributed by atoms with Crippen LogP contribution in [0.15, 0.2) is 12.1 Å². The Morgan fingerprint density at radius 3 is 2.35 bits per heavy atom. The van der Waals surface area contributed by atoms with Crippen molar-refractivity contribution in [3.63, 3.8) is 0 Å². The second kappa shape index (κ2) is 4.44. The molecule has 0 saturated carbocycles. The predicted molar refractivity (Wildman–Crippen MR) is 55.2 cm³/mol. The number of hydrogen-bond acceptors (Lipinski definition) is 3. The van der Waals surface area contributed by atoms with Crippen molar-refractivity contribution in [3.05, 3.63) is 23.3 Å². The highest BCUT2D eigenvalue weighted by Gasteiger charge is 2.37. The summed E-state index contributed by atoms with van der Waals surface area (Å²) in [5, 5.41) is 0. The molecule has 6 heteroatoms. The van der Waals surface area contributed by atoms with Crippen LogP contribution in [0.2, 0.25) is 0 Å². The topological polar surface area (TPSA) is 44.5 Å². The van der Waals surface area contributed by atoms with Crippen molar-refractivity contribution in [2.24, 2.45) is 5.73 Å². The number of ether oxygens (including phenoxy) is 2. The molecule has 94 valence electrons. The summed E-state index contributed by atoms with van der Waals surface area (Å²) in [5.41, 5.74) is 5.25. The van der Waals surface area contributed by atoms with Crippen LogP contribution >= 0.6 is 0 Å². The molecule has 1 aliphatic heterocycles. The summed E-state index contributed by atoms with van der Waals surface area (Å²) < 4.78 is 48.5. The molecule has 0 amide bonds. The summed E-state index contributed by atoms with van der Waals surface area (Å²) in [7, 11) is 0. The van der Waals surface area contributed by atoms with Crippen LogP contribution in [0.1, 0.15) is 11.1 Å². The van der Waals surface area contributed by atoms with Crippen LogP contribution in [0, 0.1) is 0 Å². The molecule has 0 atom stereocenters. The van der Waals surface area contributed by atoms with Gasteiger partial charge >= 0.3 is 6.18 Å². The van der Waals surface area contributed by atoms with Gasteiger partial charge in [-0.05, 0) is 24.6 Å². The van der Waals surface area contributed by atoms with Gasteiger partial charge < -0.3 is 15.2 Å². The van der Waals surface area contributed by atoms with Crippen molar-refractivity contribution in [3.8, 4) is 11.5 Å². The van der Waals surface area contributed by atoms with E-state index in [1.165, 1.54) is 6.07 Å². The van der Waals surface area contributed by atoms with Gasteiger partial charge in [-0.2, -0.15) is 13.2 Å². The first-order valence-electron chi connectivity index (χ1n) is 5.23. The third-order valence-electron chi connectivity index (χ3n) is 2.49. The minimum absolute atomic E-state index is 0.127. The summed E-state index contributed by atoms with van der Waals surface area (Å²) in [4.78, 5) is 0. The minimum Gasteiger partial charge on any atom is -0.486 e. The molecule has 0 unspecified atom stereocenters. The Kier molecular flexibility index (Phi) is 3.15. The Hall–Kier alpha value is -1.43. The zero-order valence-corrected chi connectivity index (χ0v) is 9.01. The van der Waals surface area contributed by atoms with Crippen molar-refractivity contribution < 1.29 is 22.6 Å². The lowest BCUT2D eigenvalue weighted by atomic mass is 10.0. The highest BCUT2D eigenvalue weighted by molar-refractivity contribution is 5.54. The number of halogens is 3. The lowest BCUT2D eigenvalue weighted by Gasteiger charge is -2.24. The van der Waals surface area contributed by atoms with Gasteiger partial charge in [0.15, 0.2) is 11.5 Å². The molecule has 1 heterocycles. The quantitative estimate of drug-likeness (QED) is 0.869. The van der Waals surface area contributed by atoms with Gasteiger partial charge in [0.1, 0.15) is 18.8 Å². The van der Waals surface area contributed by atoms with E-state index in [-0.39, 0.29) is 24.7 Å². The predicted octanol–water partition coefficient (Wildman–Crippen LogP) is 1.98. The van der Waals surface area contributed by atoms with Crippen LogP contribution in [0.4, 0.5) is 13.2 Å². The van der Waals surface area contributed by atoms with Crippen molar-refractivity contribution in [2.45, 2.75) is 12.6 Å². The van der Waals surface area contributed by atoms with Crippen LogP contribution < -0.4 is 15.2 Å². The van der Waals surface area contributed by atoms with Crippen LogP contribution in [-0.4, -0.2) is 19.8 Å². The van der Waals surface area contributed by atoms with Crippen LogP contribution in [0.25, 0.3) is 0 Å². The molecule has 2 N–H and O–H groups in total. The van der Waals surface area contributed by atoms with Crippen LogP contribution in [0.3, 0.4) is 0 Å². The van der Waals surface area contributed by atoms with E-state index >= 15 is 0 Å². The van der Waals surface area contributed by atoms with E-state index < -0.39 is 11.7 Å². The van der Waals surface area contributed by atoms with Crippen LogP contribution in [-0.2, 0) is 12.6 Å². The second-order valence-electron chi connectivity index (χ2n) is 3.66. The molecule has 1 aromatic rings. The minimum atomic E-state index is -4.44. The normalized spacial score (nSPS) is 14.8. The maximum Gasteiger partial charge on any atom is 0.420 e. The number of alkyl halides is 3. The summed E-state index contributed by atoms with van der Waals surface area (Å²) >= 11 is 0. The fraction of sp³-hybridized carbons (Fsp3) is 0.455. The van der Waals surface area contributed by atoms with Gasteiger partial charge in [-0.1, -0.05) is 6.07 Å². The van der Waals surface area contributed by atoms with E-state index in [2.05, 4.69) is 0 Å². The van der Waals surface area contributed by atoms with Gasteiger partial charge in [-0.25, -0.2) is 0 Å². The molecule has 1 aromatic carbocycles. The molecule has 0 fully saturated rings. The van der Waals surface area contributed by atoms with Crippen molar-refractivity contribution >= 4 is 0 Å². The van der Waals surface area contributed by atoms with E-state index in [4.69, 9.17) is 15.2 Å². The highest BCUT2D eigenvalue weighted by Crippen LogP contribution is 2.44. The first-order valence-corrected chi connectivity index (χ1v) is 5.23. The second-order valence-corrected chi connectivity index (χ2v) is 3.66. The smallest absolute Gasteiger partial charge is 0.420 e.